The van der Waals surface area contributed by atoms with E-state index in [2.05, 4.69) is 18.2 Å². The molecule has 1 aliphatic heterocycles. The lowest BCUT2D eigenvalue weighted by Crippen LogP contribution is -2.43. The van der Waals surface area contributed by atoms with Crippen molar-refractivity contribution in [2.75, 3.05) is 13.1 Å². The number of carbonyl (C=O) groups is 2. The first kappa shape index (κ1) is 18.0. The fourth-order valence-electron chi connectivity index (χ4n) is 3.50. The molecule has 0 spiro atoms. The number of piperidine rings is 1. The number of hydrogen-bond acceptors (Lipinski definition) is 3. The normalized spacial score (nSPS) is 19.0. The Kier molecular flexibility index (Phi) is 4.90. The summed E-state index contributed by atoms with van der Waals surface area (Å²) in [4.78, 5) is 27.0. The van der Waals surface area contributed by atoms with Crippen molar-refractivity contribution in [3.8, 4) is 0 Å². The summed E-state index contributed by atoms with van der Waals surface area (Å²) in [5, 5.41) is 0. The van der Waals surface area contributed by atoms with Gasteiger partial charge in [0.15, 0.2) is 5.78 Å². The summed E-state index contributed by atoms with van der Waals surface area (Å²) in [5.74, 6) is 0.842. The number of Topliss-reactive ketones (excluding diaryl/α,β-unsaturated/α-hetero) is 1. The van der Waals surface area contributed by atoms with E-state index in [-0.39, 0.29) is 17.8 Å². The fourth-order valence-corrected chi connectivity index (χ4v) is 3.50. The first-order chi connectivity index (χ1) is 11.7. The van der Waals surface area contributed by atoms with Crippen molar-refractivity contribution in [2.24, 2.45) is 5.92 Å². The first-order valence-electron chi connectivity index (χ1n) is 9.37. The lowest BCUT2D eigenvalue weighted by Gasteiger charge is -2.33. The molecule has 2 fully saturated rings. The Labute approximate surface area is 150 Å². The van der Waals surface area contributed by atoms with Gasteiger partial charge in [0.2, 0.25) is 0 Å². The van der Waals surface area contributed by atoms with E-state index in [1.54, 1.807) is 4.90 Å². The molecular weight excluding hydrogens is 314 g/mol. The average molecular weight is 343 g/mol. The van der Waals surface area contributed by atoms with Gasteiger partial charge >= 0.3 is 6.09 Å². The standard InChI is InChI=1S/C21H29NO3/c1-14-5-8-17(15-6-7-15)18(13-14)19(23)16-9-11-22(12-10-16)20(24)25-21(2,3)4/h5,8,13,15-16H,6-7,9-12H2,1-4H3. The Morgan fingerprint density at radius 1 is 1.08 bits per heavy atom. The molecular formula is C21H29NO3. The van der Waals surface area contributed by atoms with E-state index in [0.29, 0.717) is 19.0 Å². The zero-order valence-electron chi connectivity index (χ0n) is 15.8. The molecule has 0 unspecified atom stereocenters. The molecule has 25 heavy (non-hydrogen) atoms. The Bertz CT molecular complexity index is 662. The van der Waals surface area contributed by atoms with Gasteiger partial charge in [-0.05, 0) is 70.9 Å². The molecule has 1 saturated carbocycles. The van der Waals surface area contributed by atoms with Crippen LogP contribution >= 0.6 is 0 Å². The summed E-state index contributed by atoms with van der Waals surface area (Å²) >= 11 is 0. The summed E-state index contributed by atoms with van der Waals surface area (Å²) in [7, 11) is 0. The number of rotatable bonds is 3. The van der Waals surface area contributed by atoms with Gasteiger partial charge in [-0.25, -0.2) is 4.79 Å². The van der Waals surface area contributed by atoms with E-state index in [9.17, 15) is 9.59 Å². The smallest absolute Gasteiger partial charge is 0.410 e. The van der Waals surface area contributed by atoms with Crippen LogP contribution in [-0.2, 0) is 4.74 Å². The van der Waals surface area contributed by atoms with Crippen molar-refractivity contribution in [3.63, 3.8) is 0 Å². The number of ketones is 1. The monoisotopic (exact) mass is 343 g/mol. The lowest BCUT2D eigenvalue weighted by atomic mass is 9.85. The van der Waals surface area contributed by atoms with E-state index in [0.717, 1.165) is 24.0 Å². The number of hydrogen-bond donors (Lipinski definition) is 0. The van der Waals surface area contributed by atoms with Crippen molar-refractivity contribution in [2.45, 2.75) is 64.9 Å². The van der Waals surface area contributed by atoms with Crippen LogP contribution in [-0.4, -0.2) is 35.5 Å². The van der Waals surface area contributed by atoms with Crippen LogP contribution in [0.25, 0.3) is 0 Å². The van der Waals surface area contributed by atoms with Crippen LogP contribution in [0.15, 0.2) is 18.2 Å². The van der Waals surface area contributed by atoms with Crippen LogP contribution in [0.1, 0.15) is 73.9 Å². The van der Waals surface area contributed by atoms with Crippen molar-refractivity contribution >= 4 is 11.9 Å². The Morgan fingerprint density at radius 3 is 2.28 bits per heavy atom. The third-order valence-electron chi connectivity index (χ3n) is 5.01. The highest BCUT2D eigenvalue weighted by atomic mass is 16.6. The van der Waals surface area contributed by atoms with Gasteiger partial charge in [0.05, 0.1) is 0 Å². The molecule has 1 saturated heterocycles. The van der Waals surface area contributed by atoms with Crippen LogP contribution < -0.4 is 0 Å². The molecule has 1 aliphatic carbocycles. The molecule has 2 aliphatic rings. The summed E-state index contributed by atoms with van der Waals surface area (Å²) in [6.07, 6.45) is 3.56. The highest BCUT2D eigenvalue weighted by Gasteiger charge is 2.33. The van der Waals surface area contributed by atoms with E-state index < -0.39 is 5.60 Å². The average Bonchev–Trinajstić information content (AvgIpc) is 3.37. The third kappa shape index (κ3) is 4.42. The largest absolute Gasteiger partial charge is 0.444 e. The minimum atomic E-state index is -0.482. The number of nitrogens with zero attached hydrogens (tertiary/aromatic N) is 1. The molecule has 136 valence electrons. The van der Waals surface area contributed by atoms with E-state index in [1.165, 1.54) is 18.4 Å². The number of carbonyl (C=O) groups excluding carboxylic acids is 2. The minimum Gasteiger partial charge on any atom is -0.444 e. The fraction of sp³-hybridized carbons (Fsp3) is 0.619. The van der Waals surface area contributed by atoms with Gasteiger partial charge in [-0.3, -0.25) is 4.79 Å². The number of benzene rings is 1. The predicted molar refractivity (Wildman–Crippen MR) is 98.0 cm³/mol. The van der Waals surface area contributed by atoms with Gasteiger partial charge in [0, 0.05) is 24.6 Å². The van der Waals surface area contributed by atoms with Crippen LogP contribution in [0.3, 0.4) is 0 Å². The topological polar surface area (TPSA) is 46.6 Å². The summed E-state index contributed by atoms with van der Waals surface area (Å²) in [5.41, 5.74) is 2.80. The molecule has 0 aromatic heterocycles. The second-order valence-corrected chi connectivity index (χ2v) is 8.47. The molecule has 1 aromatic rings. The molecule has 4 heteroatoms. The highest BCUT2D eigenvalue weighted by molar-refractivity contribution is 5.99. The molecule has 1 aromatic carbocycles. The summed E-state index contributed by atoms with van der Waals surface area (Å²) in [6.45, 7) is 8.85. The number of ether oxygens (including phenoxy) is 1. The van der Waals surface area contributed by atoms with Crippen molar-refractivity contribution in [1.82, 2.24) is 4.90 Å². The molecule has 0 radical (unpaired) electrons. The Morgan fingerprint density at radius 2 is 1.72 bits per heavy atom. The molecule has 3 rings (SSSR count). The zero-order chi connectivity index (χ0) is 18.2. The van der Waals surface area contributed by atoms with E-state index in [1.807, 2.05) is 27.7 Å². The van der Waals surface area contributed by atoms with E-state index in [4.69, 9.17) is 4.74 Å². The van der Waals surface area contributed by atoms with Gasteiger partial charge < -0.3 is 9.64 Å². The predicted octanol–water partition coefficient (Wildman–Crippen LogP) is 4.70. The maximum Gasteiger partial charge on any atom is 0.410 e. The van der Waals surface area contributed by atoms with Crippen molar-refractivity contribution in [3.05, 3.63) is 34.9 Å². The Hall–Kier alpha value is -1.84. The molecule has 0 atom stereocenters. The number of likely N-dealkylation sites (tertiary alicyclic amines) is 1. The van der Waals surface area contributed by atoms with Crippen molar-refractivity contribution < 1.29 is 14.3 Å². The lowest BCUT2D eigenvalue weighted by molar-refractivity contribution is 0.0182. The highest BCUT2D eigenvalue weighted by Crippen LogP contribution is 2.42. The quantitative estimate of drug-likeness (QED) is 0.747. The maximum atomic E-state index is 13.1. The zero-order valence-corrected chi connectivity index (χ0v) is 15.8. The molecule has 1 amide bonds. The van der Waals surface area contributed by atoms with Gasteiger partial charge in [-0.1, -0.05) is 17.7 Å². The van der Waals surface area contributed by atoms with Crippen LogP contribution in [0.2, 0.25) is 0 Å². The maximum absolute atomic E-state index is 13.1. The third-order valence-corrected chi connectivity index (χ3v) is 5.01. The second-order valence-electron chi connectivity index (χ2n) is 8.47. The summed E-state index contributed by atoms with van der Waals surface area (Å²) < 4.78 is 5.43. The second kappa shape index (κ2) is 6.81. The van der Waals surface area contributed by atoms with Gasteiger partial charge in [-0.2, -0.15) is 0 Å². The molecule has 0 bridgehead atoms. The first-order valence-corrected chi connectivity index (χ1v) is 9.37. The van der Waals surface area contributed by atoms with Crippen molar-refractivity contribution in [1.29, 1.82) is 0 Å². The minimum absolute atomic E-state index is 0.0120. The molecule has 1 heterocycles. The number of aryl methyl sites for hydroxylation is 1. The van der Waals surface area contributed by atoms with Gasteiger partial charge in [-0.15, -0.1) is 0 Å². The molecule has 4 nitrogen and oxygen atoms in total. The summed E-state index contributed by atoms with van der Waals surface area (Å²) in [6, 6.07) is 6.29. The number of amides is 1. The van der Waals surface area contributed by atoms with E-state index >= 15 is 0 Å². The SMILES string of the molecule is Cc1ccc(C2CC2)c(C(=O)C2CCN(C(=O)OC(C)(C)C)CC2)c1. The molecule has 0 N–H and O–H groups in total. The van der Waals surface area contributed by atoms with Crippen LogP contribution in [0.4, 0.5) is 4.79 Å². The van der Waals surface area contributed by atoms with Crippen LogP contribution in [0.5, 0.6) is 0 Å². The Balaban J connectivity index is 1.64. The van der Waals surface area contributed by atoms with Gasteiger partial charge in [0.25, 0.3) is 0 Å². The van der Waals surface area contributed by atoms with Crippen LogP contribution in [0, 0.1) is 12.8 Å². The van der Waals surface area contributed by atoms with Gasteiger partial charge in [0.1, 0.15) is 5.60 Å².